The van der Waals surface area contributed by atoms with Crippen LogP contribution in [-0.2, 0) is 25.7 Å². The lowest BCUT2D eigenvalue weighted by Gasteiger charge is -2.19. The number of carbonyl (C=O) groups excluding carboxylic acids is 4. The largest absolute Gasteiger partial charge is 0.454 e. The van der Waals surface area contributed by atoms with Gasteiger partial charge in [-0.15, -0.1) is 0 Å². The third kappa shape index (κ3) is 3.82. The van der Waals surface area contributed by atoms with Crippen LogP contribution in [0.25, 0.3) is 0 Å². The van der Waals surface area contributed by atoms with Crippen molar-refractivity contribution in [1.82, 2.24) is 15.5 Å². The summed E-state index contributed by atoms with van der Waals surface area (Å²) in [5.74, 6) is -0.461. The predicted octanol–water partition coefficient (Wildman–Crippen LogP) is 0.439. The number of imide groups is 1. The molecule has 1 aromatic carbocycles. The molecule has 0 radical (unpaired) electrons. The van der Waals surface area contributed by atoms with Crippen LogP contribution < -0.4 is 20.1 Å². The van der Waals surface area contributed by atoms with Crippen molar-refractivity contribution in [3.63, 3.8) is 0 Å². The second-order valence-corrected chi connectivity index (χ2v) is 7.24. The lowest BCUT2D eigenvalue weighted by Crippen LogP contribution is -2.44. The number of fused-ring (bicyclic) bond motifs is 1. The molecule has 4 amide bonds. The SMILES string of the molecule is O=C(COC(=O)CN1C(=O)NC2(CCCC2)C1=O)NCc1ccc2c(c1)OCO2. The van der Waals surface area contributed by atoms with Crippen LogP contribution in [0.3, 0.4) is 0 Å². The van der Waals surface area contributed by atoms with E-state index in [0.717, 1.165) is 23.3 Å². The number of benzene rings is 1. The number of amides is 4. The average Bonchev–Trinajstić information content (AvgIpc) is 3.42. The number of urea groups is 1. The number of rotatable bonds is 6. The number of esters is 1. The number of nitrogens with zero attached hydrogens (tertiary/aromatic N) is 1. The van der Waals surface area contributed by atoms with Crippen molar-refractivity contribution in [2.75, 3.05) is 19.9 Å². The Bertz CT molecular complexity index is 863. The van der Waals surface area contributed by atoms with Gasteiger partial charge in [-0.1, -0.05) is 18.9 Å². The van der Waals surface area contributed by atoms with Gasteiger partial charge in [0.05, 0.1) is 0 Å². The Balaban J connectivity index is 1.22. The average molecular weight is 403 g/mol. The molecule has 0 atom stereocenters. The Morgan fingerprint density at radius 2 is 1.93 bits per heavy atom. The molecule has 1 aromatic rings. The maximum atomic E-state index is 12.5. The van der Waals surface area contributed by atoms with E-state index in [2.05, 4.69) is 10.6 Å². The first-order chi connectivity index (χ1) is 14.0. The van der Waals surface area contributed by atoms with Crippen molar-refractivity contribution >= 4 is 23.8 Å². The smallest absolute Gasteiger partial charge is 0.326 e. The fourth-order valence-corrected chi connectivity index (χ4v) is 3.76. The molecular weight excluding hydrogens is 382 g/mol. The summed E-state index contributed by atoms with van der Waals surface area (Å²) in [6.07, 6.45) is 2.86. The third-order valence-electron chi connectivity index (χ3n) is 5.28. The number of ether oxygens (including phenoxy) is 3. The number of hydrogen-bond donors (Lipinski definition) is 2. The molecule has 0 unspecified atom stereocenters. The van der Waals surface area contributed by atoms with Gasteiger partial charge in [-0.25, -0.2) is 4.79 Å². The normalized spacial score (nSPS) is 18.8. The highest BCUT2D eigenvalue weighted by atomic mass is 16.7. The minimum atomic E-state index is -0.876. The van der Waals surface area contributed by atoms with Crippen molar-refractivity contribution < 1.29 is 33.4 Å². The highest BCUT2D eigenvalue weighted by Gasteiger charge is 2.52. The van der Waals surface area contributed by atoms with Gasteiger partial charge < -0.3 is 24.8 Å². The lowest BCUT2D eigenvalue weighted by molar-refractivity contribution is -0.151. The van der Waals surface area contributed by atoms with Gasteiger partial charge in [-0.3, -0.25) is 19.3 Å². The van der Waals surface area contributed by atoms with Crippen LogP contribution in [-0.4, -0.2) is 54.2 Å². The Morgan fingerprint density at radius 1 is 1.17 bits per heavy atom. The van der Waals surface area contributed by atoms with Gasteiger partial charge in [0.15, 0.2) is 18.1 Å². The molecule has 10 nitrogen and oxygen atoms in total. The molecule has 1 spiro atoms. The number of hydrogen-bond acceptors (Lipinski definition) is 7. The summed E-state index contributed by atoms with van der Waals surface area (Å²) in [4.78, 5) is 49.3. The molecule has 2 aliphatic heterocycles. The van der Waals surface area contributed by atoms with Gasteiger partial charge in [0.2, 0.25) is 6.79 Å². The zero-order valence-corrected chi connectivity index (χ0v) is 15.7. The Morgan fingerprint density at radius 3 is 2.72 bits per heavy atom. The monoisotopic (exact) mass is 403 g/mol. The third-order valence-corrected chi connectivity index (χ3v) is 5.28. The first kappa shape index (κ1) is 19.0. The zero-order chi connectivity index (χ0) is 20.4. The van der Waals surface area contributed by atoms with E-state index in [9.17, 15) is 19.2 Å². The summed E-state index contributed by atoms with van der Waals surface area (Å²) in [7, 11) is 0. The van der Waals surface area contributed by atoms with Gasteiger partial charge >= 0.3 is 12.0 Å². The number of nitrogens with one attached hydrogen (secondary N) is 2. The summed E-state index contributed by atoms with van der Waals surface area (Å²) in [5, 5.41) is 5.31. The highest BCUT2D eigenvalue weighted by Crippen LogP contribution is 2.35. The van der Waals surface area contributed by atoms with Crippen LogP contribution in [0.1, 0.15) is 31.2 Å². The van der Waals surface area contributed by atoms with Crippen molar-refractivity contribution in [3.8, 4) is 11.5 Å². The highest BCUT2D eigenvalue weighted by molar-refractivity contribution is 6.08. The van der Waals surface area contributed by atoms with E-state index in [4.69, 9.17) is 14.2 Å². The van der Waals surface area contributed by atoms with Crippen molar-refractivity contribution in [2.45, 2.75) is 37.8 Å². The van der Waals surface area contributed by atoms with E-state index in [1.807, 2.05) is 0 Å². The van der Waals surface area contributed by atoms with Crippen LogP contribution >= 0.6 is 0 Å². The van der Waals surface area contributed by atoms with Crippen LogP contribution in [0.15, 0.2) is 18.2 Å². The molecule has 0 aromatic heterocycles. The van der Waals surface area contributed by atoms with Crippen molar-refractivity contribution in [1.29, 1.82) is 0 Å². The minimum absolute atomic E-state index is 0.166. The first-order valence-corrected chi connectivity index (χ1v) is 9.42. The summed E-state index contributed by atoms with van der Waals surface area (Å²) in [5.41, 5.74) is -0.0746. The topological polar surface area (TPSA) is 123 Å². The van der Waals surface area contributed by atoms with Gasteiger partial charge in [0.1, 0.15) is 12.1 Å². The maximum absolute atomic E-state index is 12.5. The molecule has 4 rings (SSSR count). The lowest BCUT2D eigenvalue weighted by atomic mass is 9.98. The molecule has 1 saturated heterocycles. The van der Waals surface area contributed by atoms with Crippen LogP contribution in [0.4, 0.5) is 4.79 Å². The standard InChI is InChI=1S/C19H21N3O7/c23-15(20-8-12-3-4-13-14(7-12)29-11-28-13)10-27-16(24)9-22-17(25)19(21-18(22)26)5-1-2-6-19/h3-4,7H,1-2,5-6,8-11H2,(H,20,23)(H,21,26). The molecule has 2 heterocycles. The fourth-order valence-electron chi connectivity index (χ4n) is 3.76. The van der Waals surface area contributed by atoms with E-state index in [1.165, 1.54) is 0 Å². The van der Waals surface area contributed by atoms with Crippen LogP contribution in [0.5, 0.6) is 11.5 Å². The van der Waals surface area contributed by atoms with Gasteiger partial charge in [0.25, 0.3) is 11.8 Å². The zero-order valence-electron chi connectivity index (χ0n) is 15.7. The molecule has 1 saturated carbocycles. The molecule has 2 N–H and O–H groups in total. The second-order valence-electron chi connectivity index (χ2n) is 7.24. The fraction of sp³-hybridized carbons (Fsp3) is 0.474. The molecule has 29 heavy (non-hydrogen) atoms. The maximum Gasteiger partial charge on any atom is 0.326 e. The quantitative estimate of drug-likeness (QED) is 0.522. The second kappa shape index (κ2) is 7.61. The summed E-state index contributed by atoms with van der Waals surface area (Å²) >= 11 is 0. The minimum Gasteiger partial charge on any atom is -0.454 e. The van der Waals surface area contributed by atoms with E-state index in [1.54, 1.807) is 18.2 Å². The van der Waals surface area contributed by atoms with E-state index in [0.29, 0.717) is 24.3 Å². The Hall–Kier alpha value is -3.30. The summed E-state index contributed by atoms with van der Waals surface area (Å²) < 4.78 is 15.4. The molecule has 10 heteroatoms. The van der Waals surface area contributed by atoms with Gasteiger partial charge in [-0.2, -0.15) is 0 Å². The van der Waals surface area contributed by atoms with Crippen LogP contribution in [0, 0.1) is 0 Å². The first-order valence-electron chi connectivity index (χ1n) is 9.42. The number of carbonyl (C=O) groups is 4. The Kier molecular flexibility index (Phi) is 4.99. The Labute approximate surface area is 166 Å². The predicted molar refractivity (Wildman–Crippen MR) is 96.8 cm³/mol. The summed E-state index contributed by atoms with van der Waals surface area (Å²) in [6.45, 7) is -0.623. The van der Waals surface area contributed by atoms with E-state index >= 15 is 0 Å². The van der Waals surface area contributed by atoms with E-state index in [-0.39, 0.29) is 13.3 Å². The van der Waals surface area contributed by atoms with Crippen molar-refractivity contribution in [3.05, 3.63) is 23.8 Å². The molecule has 1 aliphatic carbocycles. The molecule has 3 aliphatic rings. The molecule has 0 bridgehead atoms. The van der Waals surface area contributed by atoms with Gasteiger partial charge in [-0.05, 0) is 30.5 Å². The molecular formula is C19H21N3O7. The van der Waals surface area contributed by atoms with Gasteiger partial charge in [0, 0.05) is 6.54 Å². The molecule has 154 valence electrons. The summed E-state index contributed by atoms with van der Waals surface area (Å²) in [6, 6.07) is 4.70. The van der Waals surface area contributed by atoms with E-state index < -0.39 is 42.5 Å². The van der Waals surface area contributed by atoms with Crippen LogP contribution in [0.2, 0.25) is 0 Å². The molecule has 2 fully saturated rings. The van der Waals surface area contributed by atoms with Crippen molar-refractivity contribution in [2.24, 2.45) is 0 Å².